The number of sulfone groups is 1. The van der Waals surface area contributed by atoms with Crippen LogP contribution in [0.15, 0.2) is 72.3 Å². The molecule has 1 aromatic heterocycles. The number of hydrogen-bond acceptors (Lipinski definition) is 4. The number of hydrogen-bond donors (Lipinski definition) is 1. The molecular formula is C21H16Cl2N2O3S. The molecule has 1 heterocycles. The van der Waals surface area contributed by atoms with Gasteiger partial charge in [0.05, 0.1) is 26.9 Å². The monoisotopic (exact) mass is 446 g/mol. The van der Waals surface area contributed by atoms with E-state index in [0.717, 1.165) is 0 Å². The highest BCUT2D eigenvalue weighted by atomic mass is 35.5. The predicted molar refractivity (Wildman–Crippen MR) is 116 cm³/mol. The number of nitrogens with two attached hydrogens (primary N) is 1. The molecule has 0 aliphatic rings. The Balaban J connectivity index is 2.34. The molecule has 3 rings (SSSR count). The van der Waals surface area contributed by atoms with Crippen LogP contribution in [0.4, 0.5) is 0 Å². The number of nitrogens with zero attached hydrogens (tertiary/aromatic N) is 1. The molecule has 0 aliphatic heterocycles. The number of aromatic nitrogens is 1. The van der Waals surface area contributed by atoms with Crippen molar-refractivity contribution in [1.29, 1.82) is 0 Å². The van der Waals surface area contributed by atoms with Crippen molar-refractivity contribution >= 4 is 38.9 Å². The van der Waals surface area contributed by atoms with E-state index in [-0.39, 0.29) is 26.8 Å². The summed E-state index contributed by atoms with van der Waals surface area (Å²) >= 11 is 12.8. The molecule has 5 nitrogen and oxygen atoms in total. The molecule has 0 saturated heterocycles. The van der Waals surface area contributed by atoms with Gasteiger partial charge in [0.1, 0.15) is 0 Å². The summed E-state index contributed by atoms with van der Waals surface area (Å²) in [6.07, 6.45) is 2.91. The van der Waals surface area contributed by atoms with Gasteiger partial charge in [-0.05, 0) is 42.0 Å². The van der Waals surface area contributed by atoms with Gasteiger partial charge in [0.2, 0.25) is 5.91 Å². The third kappa shape index (κ3) is 4.19. The smallest absolute Gasteiger partial charge is 0.250 e. The van der Waals surface area contributed by atoms with Crippen LogP contribution in [0.5, 0.6) is 0 Å². The molecule has 0 bridgehead atoms. The Labute approximate surface area is 178 Å². The highest BCUT2D eigenvalue weighted by Crippen LogP contribution is 2.40. The van der Waals surface area contributed by atoms with E-state index < -0.39 is 15.7 Å². The third-order valence-corrected chi connectivity index (χ3v) is 6.64. The third-order valence-electron chi connectivity index (χ3n) is 4.24. The minimum Gasteiger partial charge on any atom is -0.366 e. The van der Waals surface area contributed by atoms with Gasteiger partial charge in [-0.15, -0.1) is 6.58 Å². The van der Waals surface area contributed by atoms with E-state index in [1.54, 1.807) is 36.5 Å². The van der Waals surface area contributed by atoms with Gasteiger partial charge in [-0.25, -0.2) is 8.42 Å². The second kappa shape index (κ2) is 8.37. The van der Waals surface area contributed by atoms with E-state index in [2.05, 4.69) is 11.6 Å². The summed E-state index contributed by atoms with van der Waals surface area (Å²) in [6.45, 7) is 3.50. The lowest BCUT2D eigenvalue weighted by Crippen LogP contribution is -2.14. The highest BCUT2D eigenvalue weighted by molar-refractivity contribution is 7.91. The number of carbonyl (C=O) groups excluding carboxylic acids is 1. The quantitative estimate of drug-likeness (QED) is 0.551. The molecule has 1 amide bonds. The molecule has 0 fully saturated rings. The summed E-state index contributed by atoms with van der Waals surface area (Å²) in [5.41, 5.74) is 7.27. The maximum Gasteiger partial charge on any atom is 0.250 e. The average molecular weight is 447 g/mol. The van der Waals surface area contributed by atoms with Gasteiger partial charge >= 0.3 is 0 Å². The van der Waals surface area contributed by atoms with Crippen molar-refractivity contribution < 1.29 is 13.2 Å². The van der Waals surface area contributed by atoms with Crippen molar-refractivity contribution in [3.63, 3.8) is 0 Å². The van der Waals surface area contributed by atoms with Crippen molar-refractivity contribution in [3.8, 4) is 22.4 Å². The van der Waals surface area contributed by atoms with Crippen LogP contribution in [0.1, 0.15) is 10.4 Å². The van der Waals surface area contributed by atoms with Crippen LogP contribution in [0.3, 0.4) is 0 Å². The summed E-state index contributed by atoms with van der Waals surface area (Å²) < 4.78 is 25.6. The maximum atomic E-state index is 12.8. The molecule has 2 N–H and O–H groups in total. The number of benzene rings is 2. The molecule has 0 aliphatic carbocycles. The number of halogens is 2. The van der Waals surface area contributed by atoms with Crippen molar-refractivity contribution in [1.82, 2.24) is 4.98 Å². The molecule has 0 spiro atoms. The predicted octanol–water partition coefficient (Wildman–Crippen LogP) is 4.78. The zero-order valence-electron chi connectivity index (χ0n) is 15.1. The van der Waals surface area contributed by atoms with Crippen LogP contribution in [-0.4, -0.2) is 25.1 Å². The van der Waals surface area contributed by atoms with Crippen LogP contribution >= 0.6 is 23.2 Å². The highest BCUT2D eigenvalue weighted by Gasteiger charge is 2.24. The number of carbonyl (C=O) groups is 1. The van der Waals surface area contributed by atoms with Crippen LogP contribution in [-0.2, 0) is 9.84 Å². The fourth-order valence-corrected chi connectivity index (χ4v) is 4.85. The van der Waals surface area contributed by atoms with Crippen LogP contribution in [0.2, 0.25) is 10.0 Å². The average Bonchev–Trinajstić information content (AvgIpc) is 2.68. The summed E-state index contributed by atoms with van der Waals surface area (Å²) in [6, 6.07) is 12.9. The normalized spacial score (nSPS) is 11.2. The largest absolute Gasteiger partial charge is 0.366 e. The molecule has 8 heteroatoms. The SMILES string of the molecule is C=CCS(=O)(=O)c1ccc(C(N)=O)c(Cl)c1-c1ccc(Cl)c(-c2ccccn2)c1. The lowest BCUT2D eigenvalue weighted by Gasteiger charge is -2.15. The van der Waals surface area contributed by atoms with Crippen molar-refractivity contribution in [2.24, 2.45) is 5.73 Å². The fourth-order valence-electron chi connectivity index (χ4n) is 2.92. The molecule has 0 atom stereocenters. The summed E-state index contributed by atoms with van der Waals surface area (Å²) in [5, 5.41) is 0.391. The first-order chi connectivity index (χ1) is 13.8. The number of primary amides is 1. The van der Waals surface area contributed by atoms with Gasteiger partial charge in [0, 0.05) is 22.3 Å². The summed E-state index contributed by atoms with van der Waals surface area (Å²) in [5.74, 6) is -1.05. The van der Waals surface area contributed by atoms with E-state index >= 15 is 0 Å². The van der Waals surface area contributed by atoms with E-state index in [0.29, 0.717) is 21.8 Å². The van der Waals surface area contributed by atoms with Gasteiger partial charge in [0.25, 0.3) is 0 Å². The lowest BCUT2D eigenvalue weighted by atomic mass is 9.99. The first kappa shape index (κ1) is 21.0. The minimum absolute atomic E-state index is 0.0218. The maximum absolute atomic E-state index is 12.8. The van der Waals surface area contributed by atoms with E-state index in [1.807, 2.05) is 6.07 Å². The molecule has 148 valence electrons. The van der Waals surface area contributed by atoms with Gasteiger partial charge in [-0.3, -0.25) is 9.78 Å². The zero-order valence-corrected chi connectivity index (χ0v) is 17.4. The fraction of sp³-hybridized carbons (Fsp3) is 0.0476. The van der Waals surface area contributed by atoms with Crippen molar-refractivity contribution in [2.45, 2.75) is 4.90 Å². The van der Waals surface area contributed by atoms with Crippen LogP contribution in [0, 0.1) is 0 Å². The molecule has 3 aromatic rings. The minimum atomic E-state index is -3.74. The summed E-state index contributed by atoms with van der Waals surface area (Å²) in [7, 11) is -3.74. The molecule has 2 aromatic carbocycles. The Morgan fingerprint density at radius 1 is 1.14 bits per heavy atom. The van der Waals surface area contributed by atoms with Crippen molar-refractivity contribution in [2.75, 3.05) is 5.75 Å². The molecule has 0 radical (unpaired) electrons. The van der Waals surface area contributed by atoms with Crippen LogP contribution in [0.25, 0.3) is 22.4 Å². The molecule has 29 heavy (non-hydrogen) atoms. The standard InChI is InChI=1S/C21H16Cl2N2O3S/c1-2-11-29(27,28)18-9-7-14(21(24)26)20(23)19(18)13-6-8-16(22)15(12-13)17-5-3-4-10-25-17/h2-10,12H,1,11H2,(H2,24,26). The Morgan fingerprint density at radius 2 is 1.90 bits per heavy atom. The summed E-state index contributed by atoms with van der Waals surface area (Å²) in [4.78, 5) is 16.0. The molecule has 0 unspecified atom stereocenters. The molecular weight excluding hydrogens is 431 g/mol. The lowest BCUT2D eigenvalue weighted by molar-refractivity contribution is 0.100. The van der Waals surface area contributed by atoms with Gasteiger partial charge < -0.3 is 5.73 Å². The second-order valence-electron chi connectivity index (χ2n) is 6.14. The Hall–Kier alpha value is -2.67. The molecule has 0 saturated carbocycles. The number of pyridine rings is 1. The topological polar surface area (TPSA) is 90.1 Å². The van der Waals surface area contributed by atoms with E-state index in [1.165, 1.54) is 18.2 Å². The second-order valence-corrected chi connectivity index (χ2v) is 8.93. The van der Waals surface area contributed by atoms with E-state index in [9.17, 15) is 13.2 Å². The van der Waals surface area contributed by atoms with Crippen LogP contribution < -0.4 is 5.73 Å². The van der Waals surface area contributed by atoms with Crippen molar-refractivity contribution in [3.05, 3.63) is 83.0 Å². The Bertz CT molecular complexity index is 1210. The first-order valence-electron chi connectivity index (χ1n) is 8.43. The Morgan fingerprint density at radius 3 is 2.52 bits per heavy atom. The van der Waals surface area contributed by atoms with E-state index in [4.69, 9.17) is 28.9 Å². The van der Waals surface area contributed by atoms with Gasteiger partial charge in [-0.1, -0.05) is 41.4 Å². The number of amides is 1. The zero-order chi connectivity index (χ0) is 21.2. The van der Waals surface area contributed by atoms with Gasteiger partial charge in [-0.2, -0.15) is 0 Å². The first-order valence-corrected chi connectivity index (χ1v) is 10.8. The van der Waals surface area contributed by atoms with Gasteiger partial charge in [0.15, 0.2) is 9.84 Å². The Kier molecular flexibility index (Phi) is 6.07. The number of rotatable bonds is 6.